The Hall–Kier alpha value is -4.71. The molecule has 13 atom stereocenters. The van der Waals surface area contributed by atoms with Crippen molar-refractivity contribution in [2.45, 2.75) is 224 Å². The molecular weight excluding hydrogens is 1390 g/mol. The molecule has 25 nitrogen and oxygen atoms in total. The lowest BCUT2D eigenvalue weighted by molar-refractivity contribution is -0.288. The third kappa shape index (κ3) is 30.9. The van der Waals surface area contributed by atoms with Gasteiger partial charge in [-0.05, 0) is 103 Å². The standard InChI is InChI=1S/C68H110B2N4O21S5/c1-18-21-29-89-57(82)62(9,41-68(25-19-2,56(80)81)99-61(96)97-20-3)39-64(11,58(83)90-31-28-74(16)17)44-70-66(13,59(84)92-36-37-98-100-51-24-22-23-27-72-51)40-63(10,55(79)73-38-46(4)76)43-69-67(14,42-65(12,71-15)26-30-87-45-75)60(85)91-35-33-86-32-34-88-54-53(95-50(8)78)52(94-49(7)77)47(5)48(6)93-54/h22-24,27,45-48,52-54,69-70,76H,18-21,25-26,28-44H2,1-14,16-17H3,(H,73,79)(H,80,81)/t46?,47-,48+,52-,53+,54+,62?,63?,64?,65?,66?,67?,68?/m0/s1. The van der Waals surface area contributed by atoms with Crippen LogP contribution in [0.3, 0.4) is 0 Å². The van der Waals surface area contributed by atoms with Gasteiger partial charge >= 0.3 is 41.8 Å². The maximum atomic E-state index is 15.4. The minimum atomic E-state index is -1.71. The average Bonchev–Trinajstić information content (AvgIpc) is 0.774. The SMILES string of the molecule is [C-]#[N+]C(C)(CCOC=O)CC(C)(BCC(C)(CC(C)(BCC(C)(CC(C)(CC(CCC)(SC(=S)SCC)C(=O)O)C(=O)OCCCC)C(=O)OCCN(C)C)C(=O)OCCSSc1ccccn1)C(=O)NCC(C)O)C(=O)OCCOCCO[C@@H]1O[C@H](C)[C@H](C)[C@H](OC(C)=O)[C@H]1OC(C)=O. The highest BCUT2D eigenvalue weighted by atomic mass is 33.1. The molecule has 0 spiro atoms. The summed E-state index contributed by atoms with van der Waals surface area (Å²) in [4.78, 5) is 135. The molecule has 1 fully saturated rings. The molecule has 0 saturated carbocycles. The highest BCUT2D eigenvalue weighted by molar-refractivity contribution is 8.76. The molecule has 0 aromatic carbocycles. The summed E-state index contributed by atoms with van der Waals surface area (Å²) in [6.07, 6.45) is -2.68. The van der Waals surface area contributed by atoms with E-state index in [4.69, 9.17) is 66.2 Å². The van der Waals surface area contributed by atoms with Crippen molar-refractivity contribution in [1.82, 2.24) is 15.2 Å². The largest absolute Gasteiger partial charge is 0.480 e. The van der Waals surface area contributed by atoms with Crippen LogP contribution in [0.25, 0.3) is 4.85 Å². The van der Waals surface area contributed by atoms with Gasteiger partial charge in [0.1, 0.15) is 53.8 Å². The van der Waals surface area contributed by atoms with Crippen LogP contribution >= 0.6 is 57.3 Å². The number of carbonyl (C=O) groups excluding carboxylic acids is 8. The normalized spacial score (nSPS) is 20.5. The molecule has 3 N–H and O–H groups in total. The molecule has 8 unspecified atom stereocenters. The van der Waals surface area contributed by atoms with Crippen LogP contribution in [0, 0.1) is 28.7 Å². The van der Waals surface area contributed by atoms with Gasteiger partial charge in [0, 0.05) is 74.2 Å². The Morgan fingerprint density at radius 2 is 1.37 bits per heavy atom. The first-order valence-electron chi connectivity index (χ1n) is 34.1. The fraction of sp³-hybridized carbons (Fsp3) is 0.765. The number of aromatic nitrogens is 1. The van der Waals surface area contributed by atoms with Crippen molar-refractivity contribution in [3.63, 3.8) is 0 Å². The number of aliphatic carboxylic acids is 1. The number of hydrogen-bond acceptors (Lipinski definition) is 27. The zero-order valence-corrected chi connectivity index (χ0v) is 65.6. The highest BCUT2D eigenvalue weighted by Crippen LogP contribution is 2.53. The lowest BCUT2D eigenvalue weighted by Crippen LogP contribution is -2.56. The minimum Gasteiger partial charge on any atom is -0.480 e. The summed E-state index contributed by atoms with van der Waals surface area (Å²) in [6, 6.07) is 5.47. The van der Waals surface area contributed by atoms with E-state index >= 15 is 14.4 Å². The number of unbranched alkanes of at least 4 members (excludes halogenated alkanes) is 1. The molecule has 1 aromatic rings. The van der Waals surface area contributed by atoms with Gasteiger partial charge in [0.05, 0.1) is 62.5 Å². The van der Waals surface area contributed by atoms with Gasteiger partial charge in [-0.2, -0.15) is 0 Å². The maximum absolute atomic E-state index is 15.4. The quantitative estimate of drug-likeness (QED) is 0.00799. The van der Waals surface area contributed by atoms with Crippen molar-refractivity contribution in [1.29, 1.82) is 0 Å². The van der Waals surface area contributed by atoms with E-state index in [-0.39, 0.29) is 138 Å². The molecule has 1 aliphatic rings. The third-order valence-electron chi connectivity index (χ3n) is 17.7. The van der Waals surface area contributed by atoms with Crippen LogP contribution in [0.2, 0.25) is 23.3 Å². The molecule has 1 amide bonds. The molecule has 564 valence electrons. The summed E-state index contributed by atoms with van der Waals surface area (Å²) in [6.45, 7) is 30.6. The monoisotopic (exact) mass is 1500 g/mol. The molecule has 0 radical (unpaired) electrons. The van der Waals surface area contributed by atoms with Crippen LogP contribution in [-0.4, -0.2) is 225 Å². The van der Waals surface area contributed by atoms with E-state index in [1.165, 1.54) is 54.1 Å². The van der Waals surface area contributed by atoms with E-state index in [9.17, 15) is 39.0 Å². The fourth-order valence-corrected chi connectivity index (χ4v) is 17.1. The number of hydrogen-bond donors (Lipinski definition) is 3. The summed E-state index contributed by atoms with van der Waals surface area (Å²) < 4.78 is 56.7. The van der Waals surface area contributed by atoms with Crippen LogP contribution in [0.5, 0.6) is 0 Å². The number of rotatable bonds is 50. The summed E-state index contributed by atoms with van der Waals surface area (Å²) in [7, 11) is 6.02. The second-order valence-electron chi connectivity index (χ2n) is 27.7. The number of likely N-dealkylation sites (N-methyl/N-ethyl adjacent to an activating group) is 1. The number of ether oxygens (including phenoxy) is 10. The van der Waals surface area contributed by atoms with E-state index in [0.717, 1.165) is 16.8 Å². The smallest absolute Gasteiger partial charge is 0.320 e. The van der Waals surface area contributed by atoms with Gasteiger partial charge < -0.3 is 72.6 Å². The van der Waals surface area contributed by atoms with Crippen LogP contribution in [0.15, 0.2) is 29.4 Å². The Morgan fingerprint density at radius 1 is 0.770 bits per heavy atom. The van der Waals surface area contributed by atoms with E-state index < -0.39 is 116 Å². The van der Waals surface area contributed by atoms with Gasteiger partial charge in [-0.1, -0.05) is 115 Å². The average molecular weight is 1500 g/mol. The molecule has 1 saturated heterocycles. The number of aliphatic hydroxyl groups is 1. The Kier molecular flexibility index (Phi) is 41.0. The van der Waals surface area contributed by atoms with E-state index in [1.54, 1.807) is 81.7 Å². The molecule has 1 aliphatic heterocycles. The topological polar surface area (TPSA) is 319 Å². The first-order chi connectivity index (χ1) is 46.9. The lowest BCUT2D eigenvalue weighted by Gasteiger charge is -2.43. The number of esters is 6. The van der Waals surface area contributed by atoms with Crippen LogP contribution in [0.4, 0.5) is 0 Å². The summed E-state index contributed by atoms with van der Waals surface area (Å²) in [5, 5.41) is 22.1. The molecule has 100 heavy (non-hydrogen) atoms. The summed E-state index contributed by atoms with van der Waals surface area (Å²) >= 11 is 8.04. The number of carbonyl (C=O) groups is 9. The highest BCUT2D eigenvalue weighted by Gasteiger charge is 2.56. The van der Waals surface area contributed by atoms with Crippen LogP contribution in [-0.2, 0) is 90.5 Å². The molecule has 0 bridgehead atoms. The number of carboxylic acids is 1. The van der Waals surface area contributed by atoms with Crippen molar-refractivity contribution >= 4 is 130 Å². The third-order valence-corrected chi connectivity index (χ3v) is 22.7. The van der Waals surface area contributed by atoms with E-state index in [2.05, 4.69) is 15.1 Å². The number of nitrogens with one attached hydrogen (secondary N) is 1. The van der Waals surface area contributed by atoms with Crippen LogP contribution < -0.4 is 5.32 Å². The fourth-order valence-electron chi connectivity index (χ4n) is 12.1. The predicted octanol–water partition coefficient (Wildman–Crippen LogP) is 9.41. The minimum absolute atomic E-state index is 0.00418. The molecule has 2 rings (SSSR count). The lowest BCUT2D eigenvalue weighted by atomic mass is 9.39. The van der Waals surface area contributed by atoms with Gasteiger partial charge in [0.25, 0.3) is 6.47 Å². The predicted molar refractivity (Wildman–Crippen MR) is 395 cm³/mol. The van der Waals surface area contributed by atoms with Gasteiger partial charge in [0.2, 0.25) is 11.4 Å². The molecular formula is C68H110B2N4O21S5. The number of aliphatic hydroxyl groups excluding tert-OH is 1. The number of carboxylic acid groups (broad SMARTS) is 1. The zero-order chi connectivity index (χ0) is 75.5. The number of pyridine rings is 1. The number of thiocarbonyl (C=S) groups is 1. The van der Waals surface area contributed by atoms with Gasteiger partial charge in [-0.3, -0.25) is 43.2 Å². The van der Waals surface area contributed by atoms with Crippen molar-refractivity contribution in [3.05, 3.63) is 35.8 Å². The number of amides is 1. The Bertz CT molecular complexity index is 2840. The number of nitrogens with zero attached hydrogens (tertiary/aromatic N) is 3. The first-order valence-corrected chi connectivity index (χ1v) is 38.7. The molecule has 2 heterocycles. The van der Waals surface area contributed by atoms with Crippen molar-refractivity contribution < 1.29 is 101 Å². The second kappa shape index (κ2) is 44.8. The second-order valence-corrected chi connectivity index (χ2v) is 34.0. The van der Waals surface area contributed by atoms with E-state index in [1.807, 2.05) is 37.8 Å². The van der Waals surface area contributed by atoms with Gasteiger partial charge in [-0.15, -0.1) is 11.8 Å². The molecule has 1 aromatic heterocycles. The molecule has 0 aliphatic carbocycles. The molecule has 32 heteroatoms. The van der Waals surface area contributed by atoms with E-state index in [0.29, 0.717) is 40.8 Å². The summed E-state index contributed by atoms with van der Waals surface area (Å²) in [5.41, 5.74) is -6.39. The van der Waals surface area contributed by atoms with Gasteiger partial charge in [-0.25, -0.2) is 11.6 Å². The Morgan fingerprint density at radius 3 is 1.94 bits per heavy atom. The Labute approximate surface area is 615 Å². The number of thioether (sulfide) groups is 2. The van der Waals surface area contributed by atoms with Crippen LogP contribution in [0.1, 0.15) is 155 Å². The van der Waals surface area contributed by atoms with Crippen molar-refractivity contribution in [2.75, 3.05) is 91.5 Å². The summed E-state index contributed by atoms with van der Waals surface area (Å²) in [5.74, 6) is -5.53. The van der Waals surface area contributed by atoms with Crippen molar-refractivity contribution in [3.8, 4) is 0 Å². The zero-order valence-electron chi connectivity index (χ0n) is 61.6. The van der Waals surface area contributed by atoms with Crippen molar-refractivity contribution in [2.24, 2.45) is 22.2 Å². The Balaban J connectivity index is 2.87. The van der Waals surface area contributed by atoms with Gasteiger partial charge in [0.15, 0.2) is 12.4 Å². The maximum Gasteiger partial charge on any atom is 0.320 e. The first kappa shape index (κ1) is 91.4.